The molecule has 0 saturated carbocycles. The van der Waals surface area contributed by atoms with Gasteiger partial charge in [-0.3, -0.25) is 0 Å². The van der Waals surface area contributed by atoms with Crippen molar-refractivity contribution in [3.05, 3.63) is 22.8 Å². The molecular formula is C11H16N2S. The van der Waals surface area contributed by atoms with Crippen LogP contribution >= 0.6 is 11.8 Å². The van der Waals surface area contributed by atoms with Crippen LogP contribution in [0.4, 0.5) is 0 Å². The molecule has 0 bridgehead atoms. The van der Waals surface area contributed by atoms with E-state index in [2.05, 4.69) is 30.7 Å². The summed E-state index contributed by atoms with van der Waals surface area (Å²) in [5.74, 6) is 3.64. The lowest BCUT2D eigenvalue weighted by atomic mass is 10.1. The molecule has 0 aliphatic carbocycles. The zero-order chi connectivity index (χ0) is 10.1. The van der Waals surface area contributed by atoms with Crippen LogP contribution in [-0.4, -0.2) is 9.97 Å². The number of fused-ring (bicyclic) bond motifs is 1. The molecule has 0 amide bonds. The number of nitrogens with zero attached hydrogens (tertiary/aromatic N) is 2. The van der Waals surface area contributed by atoms with Gasteiger partial charge in [-0.25, -0.2) is 9.97 Å². The summed E-state index contributed by atoms with van der Waals surface area (Å²) in [6, 6.07) is 0. The van der Waals surface area contributed by atoms with Crippen LogP contribution in [-0.2, 0) is 17.9 Å². The van der Waals surface area contributed by atoms with E-state index in [1.54, 1.807) is 0 Å². The summed E-state index contributed by atoms with van der Waals surface area (Å²) < 4.78 is 0. The molecule has 3 heteroatoms. The molecule has 0 radical (unpaired) electrons. The van der Waals surface area contributed by atoms with Crippen molar-refractivity contribution in [1.82, 2.24) is 9.97 Å². The van der Waals surface area contributed by atoms with E-state index in [4.69, 9.17) is 0 Å². The molecule has 1 aromatic heterocycles. The van der Waals surface area contributed by atoms with Crippen LogP contribution in [0.5, 0.6) is 0 Å². The van der Waals surface area contributed by atoms with E-state index in [0.717, 1.165) is 23.8 Å². The maximum absolute atomic E-state index is 4.64. The fourth-order valence-corrected chi connectivity index (χ4v) is 2.76. The highest BCUT2D eigenvalue weighted by Gasteiger charge is 2.19. The number of hydrogen-bond donors (Lipinski definition) is 0. The van der Waals surface area contributed by atoms with Gasteiger partial charge in [-0.05, 0) is 6.42 Å². The average Bonchev–Trinajstić information content (AvgIpc) is 2.63. The molecule has 0 fully saturated rings. The van der Waals surface area contributed by atoms with Crippen LogP contribution in [0.1, 0.15) is 49.5 Å². The minimum Gasteiger partial charge on any atom is -0.237 e. The molecule has 1 aromatic rings. The lowest BCUT2D eigenvalue weighted by Gasteiger charge is -2.09. The van der Waals surface area contributed by atoms with E-state index in [9.17, 15) is 0 Å². The first-order chi connectivity index (χ1) is 6.72. The quantitative estimate of drug-likeness (QED) is 0.747. The SMILES string of the molecule is CCc1nc(C(C)C)nc2c1CSC2. The maximum Gasteiger partial charge on any atom is 0.131 e. The Labute approximate surface area is 89.5 Å². The maximum atomic E-state index is 4.64. The van der Waals surface area contributed by atoms with Crippen molar-refractivity contribution >= 4 is 11.8 Å². The number of thioether (sulfide) groups is 1. The molecule has 2 nitrogen and oxygen atoms in total. The zero-order valence-electron chi connectivity index (χ0n) is 9.00. The van der Waals surface area contributed by atoms with Crippen LogP contribution in [0.25, 0.3) is 0 Å². The van der Waals surface area contributed by atoms with Gasteiger partial charge in [-0.2, -0.15) is 11.8 Å². The van der Waals surface area contributed by atoms with Crippen molar-refractivity contribution < 1.29 is 0 Å². The Balaban J connectivity index is 2.49. The normalized spacial score (nSPS) is 14.9. The van der Waals surface area contributed by atoms with E-state index in [1.165, 1.54) is 17.0 Å². The third-order valence-corrected chi connectivity index (χ3v) is 3.50. The van der Waals surface area contributed by atoms with E-state index < -0.39 is 0 Å². The summed E-state index contributed by atoms with van der Waals surface area (Å²) in [7, 11) is 0. The lowest BCUT2D eigenvalue weighted by molar-refractivity contribution is 0.744. The molecule has 0 atom stereocenters. The van der Waals surface area contributed by atoms with Gasteiger partial charge in [0.25, 0.3) is 0 Å². The summed E-state index contributed by atoms with van der Waals surface area (Å²) in [4.78, 5) is 9.27. The summed E-state index contributed by atoms with van der Waals surface area (Å²) >= 11 is 1.95. The van der Waals surface area contributed by atoms with Gasteiger partial charge >= 0.3 is 0 Å². The smallest absolute Gasteiger partial charge is 0.131 e. The van der Waals surface area contributed by atoms with Gasteiger partial charge in [0, 0.05) is 28.7 Å². The van der Waals surface area contributed by atoms with E-state index in [1.807, 2.05) is 11.8 Å². The highest BCUT2D eigenvalue weighted by molar-refractivity contribution is 7.98. The third-order valence-electron chi connectivity index (χ3n) is 2.53. The molecule has 1 aliphatic rings. The molecule has 2 heterocycles. The molecule has 0 aromatic carbocycles. The number of hydrogen-bond acceptors (Lipinski definition) is 3. The van der Waals surface area contributed by atoms with Gasteiger partial charge in [-0.1, -0.05) is 20.8 Å². The Kier molecular flexibility index (Phi) is 2.77. The summed E-state index contributed by atoms with van der Waals surface area (Å²) in [5, 5.41) is 0. The first-order valence-electron chi connectivity index (χ1n) is 5.18. The van der Waals surface area contributed by atoms with E-state index >= 15 is 0 Å². The predicted octanol–water partition coefficient (Wildman–Crippen LogP) is 2.91. The van der Waals surface area contributed by atoms with Crippen LogP contribution in [0, 0.1) is 0 Å². The van der Waals surface area contributed by atoms with Crippen LogP contribution in [0.15, 0.2) is 0 Å². The first-order valence-corrected chi connectivity index (χ1v) is 6.34. The molecular weight excluding hydrogens is 192 g/mol. The van der Waals surface area contributed by atoms with Gasteiger partial charge in [0.05, 0.1) is 5.69 Å². The first kappa shape index (κ1) is 9.97. The third kappa shape index (κ3) is 1.65. The second-order valence-electron chi connectivity index (χ2n) is 3.95. The predicted molar refractivity (Wildman–Crippen MR) is 60.5 cm³/mol. The minimum atomic E-state index is 0.441. The van der Waals surface area contributed by atoms with E-state index in [-0.39, 0.29) is 0 Å². The highest BCUT2D eigenvalue weighted by atomic mass is 32.2. The van der Waals surface area contributed by atoms with Gasteiger partial charge in [-0.15, -0.1) is 0 Å². The number of aromatic nitrogens is 2. The Morgan fingerprint density at radius 1 is 1.29 bits per heavy atom. The van der Waals surface area contributed by atoms with Crippen LogP contribution in [0.2, 0.25) is 0 Å². The van der Waals surface area contributed by atoms with Gasteiger partial charge in [0.15, 0.2) is 0 Å². The molecule has 1 aliphatic heterocycles. The summed E-state index contributed by atoms with van der Waals surface area (Å²) in [5.41, 5.74) is 3.95. The molecule has 2 rings (SSSR count). The van der Waals surface area contributed by atoms with Gasteiger partial charge in [0.2, 0.25) is 0 Å². The fourth-order valence-electron chi connectivity index (χ4n) is 1.69. The summed E-state index contributed by atoms with van der Waals surface area (Å²) in [6.45, 7) is 6.49. The molecule has 14 heavy (non-hydrogen) atoms. The number of rotatable bonds is 2. The second kappa shape index (κ2) is 3.89. The molecule has 0 N–H and O–H groups in total. The van der Waals surface area contributed by atoms with Gasteiger partial charge in [0.1, 0.15) is 5.82 Å². The van der Waals surface area contributed by atoms with Crippen molar-refractivity contribution in [3.63, 3.8) is 0 Å². The Morgan fingerprint density at radius 2 is 2.07 bits per heavy atom. The molecule has 0 saturated heterocycles. The largest absolute Gasteiger partial charge is 0.237 e. The Bertz CT molecular complexity index is 347. The molecule has 76 valence electrons. The van der Waals surface area contributed by atoms with Crippen LogP contribution in [0.3, 0.4) is 0 Å². The van der Waals surface area contributed by atoms with Crippen molar-refractivity contribution in [2.45, 2.75) is 44.6 Å². The Morgan fingerprint density at radius 3 is 2.71 bits per heavy atom. The molecule has 0 unspecified atom stereocenters. The fraction of sp³-hybridized carbons (Fsp3) is 0.636. The van der Waals surface area contributed by atoms with Crippen molar-refractivity contribution in [2.75, 3.05) is 0 Å². The summed E-state index contributed by atoms with van der Waals surface area (Å²) in [6.07, 6.45) is 1.03. The standard InChI is InChI=1S/C11H16N2S/c1-4-9-8-5-14-6-10(8)13-11(12-9)7(2)3/h7H,4-6H2,1-3H3. The van der Waals surface area contributed by atoms with Crippen LogP contribution < -0.4 is 0 Å². The lowest BCUT2D eigenvalue weighted by Crippen LogP contribution is -2.06. The minimum absolute atomic E-state index is 0.441. The average molecular weight is 208 g/mol. The highest BCUT2D eigenvalue weighted by Crippen LogP contribution is 2.31. The van der Waals surface area contributed by atoms with Gasteiger partial charge < -0.3 is 0 Å². The second-order valence-corrected chi connectivity index (χ2v) is 4.94. The van der Waals surface area contributed by atoms with Crippen molar-refractivity contribution in [3.8, 4) is 0 Å². The van der Waals surface area contributed by atoms with E-state index in [0.29, 0.717) is 5.92 Å². The molecule has 0 spiro atoms. The topological polar surface area (TPSA) is 25.8 Å². The van der Waals surface area contributed by atoms with Crippen molar-refractivity contribution in [2.24, 2.45) is 0 Å². The Hall–Kier alpha value is -0.570. The van der Waals surface area contributed by atoms with Crippen molar-refractivity contribution in [1.29, 1.82) is 0 Å². The number of aryl methyl sites for hydroxylation is 1. The zero-order valence-corrected chi connectivity index (χ0v) is 9.82. The monoisotopic (exact) mass is 208 g/mol.